The first kappa shape index (κ1) is 83.5. The van der Waals surface area contributed by atoms with Gasteiger partial charge in [0.05, 0.1) is 70.2 Å². The van der Waals surface area contributed by atoms with E-state index in [4.69, 9.17) is 91.5 Å². The zero-order valence-corrected chi connectivity index (χ0v) is 42.2. The Hall–Kier alpha value is -2.53. The maximum absolute atomic E-state index is 10.7. The number of carbonyl (C=O) groups is 5. The minimum Gasteiger partial charge on any atom is -0.460 e. The maximum Gasteiger partial charge on any atom is 0.306 e. The van der Waals surface area contributed by atoms with Crippen LogP contribution < -0.4 is 0 Å². The first-order valence-corrected chi connectivity index (χ1v) is 24.1. The molecule has 1 rings (SSSR count). The van der Waals surface area contributed by atoms with Crippen molar-refractivity contribution >= 4 is 29.1 Å². The number of rotatable bonds is 32. The van der Waals surface area contributed by atoms with Crippen molar-refractivity contribution in [2.45, 2.75) is 245 Å². The molecule has 0 aliphatic carbocycles. The van der Waals surface area contributed by atoms with Crippen LogP contribution in [-0.4, -0.2) is 229 Å². The highest BCUT2D eigenvalue weighted by Crippen LogP contribution is 2.16. The first-order valence-electron chi connectivity index (χ1n) is 24.1. The molecule has 0 aromatic rings. The lowest BCUT2D eigenvalue weighted by molar-refractivity contribution is -0.162. The van der Waals surface area contributed by atoms with Crippen LogP contribution in [0.2, 0.25) is 0 Å². The highest BCUT2D eigenvalue weighted by atomic mass is 16.6. The van der Waals surface area contributed by atoms with E-state index in [2.05, 4.69) is 6.92 Å². The quantitative estimate of drug-likeness (QED) is 0.0279. The van der Waals surface area contributed by atoms with Crippen LogP contribution in [0.3, 0.4) is 0 Å². The van der Waals surface area contributed by atoms with Crippen LogP contribution in [-0.2, 0) is 28.7 Å². The second-order valence-electron chi connectivity index (χ2n) is 17.1. The Morgan fingerprint density at radius 1 is 0.431 bits per heavy atom. The number of esters is 1. The number of hydrogen-bond acceptors (Lipinski definition) is 23. The summed E-state index contributed by atoms with van der Waals surface area (Å²) in [7, 11) is 0. The number of unbranched alkanes of at least 4 members (excludes halogenated alkanes) is 2. The third-order valence-corrected chi connectivity index (χ3v) is 10.1. The molecule has 0 spiro atoms. The fourth-order valence-electron chi connectivity index (χ4n) is 5.54. The van der Waals surface area contributed by atoms with Gasteiger partial charge in [-0.05, 0) is 98.3 Å². The second-order valence-corrected chi connectivity index (χ2v) is 17.1. The zero-order chi connectivity index (χ0) is 55.2. The summed E-state index contributed by atoms with van der Waals surface area (Å²) in [5.74, 6) is -0.00324. The van der Waals surface area contributed by atoms with E-state index in [-0.39, 0.29) is 57.2 Å². The number of hydrogen-bond donors (Lipinski definition) is 17. The van der Waals surface area contributed by atoms with Crippen molar-refractivity contribution in [1.29, 1.82) is 0 Å². The van der Waals surface area contributed by atoms with Gasteiger partial charge in [-0.15, -0.1) is 0 Å². The number of aliphatic hydroxyl groups is 17. The average molecular weight is 1060 g/mol. The van der Waals surface area contributed by atoms with Gasteiger partial charge in [0.1, 0.15) is 65.9 Å². The summed E-state index contributed by atoms with van der Waals surface area (Å²) in [6, 6.07) is 0. The number of ketones is 4. The molecule has 1 unspecified atom stereocenters. The molecule has 1 fully saturated rings. The Morgan fingerprint density at radius 2 is 0.681 bits per heavy atom. The minimum atomic E-state index is -1.09. The van der Waals surface area contributed by atoms with Crippen LogP contribution in [0.25, 0.3) is 0 Å². The van der Waals surface area contributed by atoms with E-state index in [0.29, 0.717) is 96.3 Å². The summed E-state index contributed by atoms with van der Waals surface area (Å²) in [5.41, 5.74) is 0. The van der Waals surface area contributed by atoms with Gasteiger partial charge in [0, 0.05) is 32.1 Å². The van der Waals surface area contributed by atoms with Gasteiger partial charge >= 0.3 is 5.97 Å². The molecule has 1 heterocycles. The maximum atomic E-state index is 10.7. The molecule has 23 heteroatoms. The van der Waals surface area contributed by atoms with Gasteiger partial charge in [0.25, 0.3) is 0 Å². The molecule has 72 heavy (non-hydrogen) atoms. The lowest BCUT2D eigenvalue weighted by atomic mass is 10.0. The molecule has 0 amide bonds. The smallest absolute Gasteiger partial charge is 0.306 e. The SMILES string of the molecule is C.C.CC(=O)CCC[C@H](O)[C@H](O)CO.CC(=O)CCC[C@H](O)[C@H](O)CO.CC(=O)CCC[C@H](O)[C@H](O)CO.CC(=O)CCC[C@H](O)[C@H](O)CO.CCCCC[C@H](O)[C@H](O)CO.O=C1CCCC([C@H](O)CO)O1. The predicted molar refractivity (Wildman–Crippen MR) is 268 cm³/mol. The van der Waals surface area contributed by atoms with Gasteiger partial charge in [-0.25, -0.2) is 0 Å². The standard InChI is InChI=1S/4C8H16O4.C8H18O3.C7H12O4.2CH4/c4*1-6(10)3-2-4-7(11)8(12)5-9;1-2-3-4-5-7(10)8(11)6-9;8-4-5(9)6-2-1-3-7(10)11-6;;/h4*7-9,11-12H,2-5H2,1H3;7-11H,2-6H2,1H3;5-6,8-9H,1-4H2;2*1H4/t5*7-,8+;5-,6?;;/m000001../s1. The van der Waals surface area contributed by atoms with Crippen LogP contribution >= 0.6 is 0 Å². The molecule has 17 N–H and O–H groups in total. The van der Waals surface area contributed by atoms with E-state index in [0.717, 1.165) is 25.7 Å². The summed E-state index contributed by atoms with van der Waals surface area (Å²) in [5, 5.41) is 150. The fourth-order valence-corrected chi connectivity index (χ4v) is 5.54. The summed E-state index contributed by atoms with van der Waals surface area (Å²) in [4.78, 5) is 52.6. The Kier molecular flexibility index (Phi) is 65.1. The molecule has 1 aliphatic heterocycles. The number of carbonyl (C=O) groups excluding carboxylic acids is 5. The Labute approximate surface area is 428 Å². The van der Waals surface area contributed by atoms with E-state index >= 15 is 0 Å². The Morgan fingerprint density at radius 3 is 0.875 bits per heavy atom. The molecule has 1 saturated heterocycles. The number of ether oxygens (including phenoxy) is 1. The topological polar surface area (TPSA) is 438 Å². The van der Waals surface area contributed by atoms with Gasteiger partial charge in [0.2, 0.25) is 0 Å². The van der Waals surface area contributed by atoms with Gasteiger partial charge in [-0.2, -0.15) is 0 Å². The van der Waals surface area contributed by atoms with Crippen molar-refractivity contribution in [2.75, 3.05) is 39.6 Å². The molecular formula is C49H102O23. The van der Waals surface area contributed by atoms with Crippen molar-refractivity contribution in [3.8, 4) is 0 Å². The molecule has 0 bridgehead atoms. The highest BCUT2D eigenvalue weighted by molar-refractivity contribution is 5.76. The predicted octanol–water partition coefficient (Wildman–Crippen LogP) is -1.17. The molecule has 0 aromatic heterocycles. The summed E-state index contributed by atoms with van der Waals surface area (Å²) < 4.78 is 4.79. The minimum absolute atomic E-state index is 0. The average Bonchev–Trinajstić information content (AvgIpc) is 3.32. The van der Waals surface area contributed by atoms with Crippen molar-refractivity contribution < 1.29 is 116 Å². The molecule has 1 aliphatic rings. The van der Waals surface area contributed by atoms with E-state index < -0.39 is 99.7 Å². The fraction of sp³-hybridized carbons (Fsp3) is 0.898. The van der Waals surface area contributed by atoms with E-state index in [9.17, 15) is 24.0 Å². The summed E-state index contributed by atoms with van der Waals surface area (Å²) in [6.07, 6.45) is -0.471. The summed E-state index contributed by atoms with van der Waals surface area (Å²) in [6.45, 7) is 5.53. The molecule has 0 radical (unpaired) electrons. The number of cyclic esters (lactones) is 1. The van der Waals surface area contributed by atoms with Crippen molar-refractivity contribution in [2.24, 2.45) is 0 Å². The molecule has 23 nitrogen and oxygen atoms in total. The largest absolute Gasteiger partial charge is 0.460 e. The van der Waals surface area contributed by atoms with Crippen LogP contribution in [0.15, 0.2) is 0 Å². The summed E-state index contributed by atoms with van der Waals surface area (Å²) >= 11 is 0. The van der Waals surface area contributed by atoms with Crippen molar-refractivity contribution in [3.05, 3.63) is 0 Å². The molecule has 436 valence electrons. The van der Waals surface area contributed by atoms with Crippen LogP contribution in [0.1, 0.15) is 171 Å². The first-order chi connectivity index (χ1) is 32.8. The Balaban J connectivity index is -0.000000140. The van der Waals surface area contributed by atoms with Gasteiger partial charge in [-0.3, -0.25) is 4.79 Å². The van der Waals surface area contributed by atoms with Crippen molar-refractivity contribution in [1.82, 2.24) is 0 Å². The van der Waals surface area contributed by atoms with Gasteiger partial charge < -0.3 is 111 Å². The van der Waals surface area contributed by atoms with Gasteiger partial charge in [-0.1, -0.05) is 41.0 Å². The molecule has 0 saturated carbocycles. The van der Waals surface area contributed by atoms with Crippen molar-refractivity contribution in [3.63, 3.8) is 0 Å². The van der Waals surface area contributed by atoms with Crippen LogP contribution in [0.4, 0.5) is 0 Å². The van der Waals surface area contributed by atoms with E-state index in [1.807, 2.05) is 0 Å². The zero-order valence-electron chi connectivity index (χ0n) is 42.2. The molecular weight excluding hydrogens is 957 g/mol. The number of aliphatic hydroxyl groups excluding tert-OH is 17. The van der Waals surface area contributed by atoms with Crippen LogP contribution in [0.5, 0.6) is 0 Å². The second kappa shape index (κ2) is 56.2. The Bertz CT molecular complexity index is 1120. The molecule has 12 atom stereocenters. The molecule has 0 aromatic carbocycles. The van der Waals surface area contributed by atoms with Gasteiger partial charge in [0.15, 0.2) is 0 Å². The normalized spacial score (nSPS) is 17.2. The van der Waals surface area contributed by atoms with E-state index in [1.165, 1.54) is 27.7 Å². The monoisotopic (exact) mass is 1060 g/mol. The third kappa shape index (κ3) is 56.8. The lowest BCUT2D eigenvalue weighted by Gasteiger charge is -2.25. The van der Waals surface area contributed by atoms with Crippen LogP contribution in [0, 0.1) is 0 Å². The lowest BCUT2D eigenvalue weighted by Crippen LogP contribution is -2.36. The third-order valence-electron chi connectivity index (χ3n) is 10.1. The highest BCUT2D eigenvalue weighted by Gasteiger charge is 2.26. The number of Topliss-reactive ketones (excluding diaryl/α,β-unsaturated/α-hetero) is 4. The van der Waals surface area contributed by atoms with E-state index in [1.54, 1.807) is 0 Å².